The smallest absolute Gasteiger partial charge is 0.151 e. The zero-order valence-electron chi connectivity index (χ0n) is 13.0. The van der Waals surface area contributed by atoms with E-state index in [1.165, 1.54) is 5.56 Å². The number of benzene rings is 1. The van der Waals surface area contributed by atoms with Gasteiger partial charge < -0.3 is 9.52 Å². The molecule has 0 atom stereocenters. The second-order valence-corrected chi connectivity index (χ2v) is 6.03. The summed E-state index contributed by atoms with van der Waals surface area (Å²) in [7, 11) is 0. The Morgan fingerprint density at radius 1 is 1.17 bits per heavy atom. The zero-order chi connectivity index (χ0) is 15.8. The normalized spacial score (nSPS) is 14.5. The van der Waals surface area contributed by atoms with Crippen LogP contribution in [0.2, 0.25) is 0 Å². The third-order valence-electron chi connectivity index (χ3n) is 4.36. The van der Waals surface area contributed by atoms with Gasteiger partial charge in [0.15, 0.2) is 5.82 Å². The SMILES string of the molecule is Cc1ccc(N=Cc2c(O)ccc3oc4c(c23)CCCC4)nc1. The van der Waals surface area contributed by atoms with E-state index >= 15 is 0 Å². The highest BCUT2D eigenvalue weighted by Crippen LogP contribution is 2.36. The van der Waals surface area contributed by atoms with Gasteiger partial charge in [0.25, 0.3) is 0 Å². The van der Waals surface area contributed by atoms with Crippen LogP contribution in [0.15, 0.2) is 39.9 Å². The molecule has 0 saturated heterocycles. The van der Waals surface area contributed by atoms with E-state index < -0.39 is 0 Å². The first kappa shape index (κ1) is 14.0. The topological polar surface area (TPSA) is 58.6 Å². The van der Waals surface area contributed by atoms with Crippen molar-refractivity contribution in [3.8, 4) is 5.75 Å². The number of aromatic nitrogens is 1. The zero-order valence-corrected chi connectivity index (χ0v) is 13.0. The van der Waals surface area contributed by atoms with Crippen LogP contribution in [0.25, 0.3) is 11.0 Å². The molecule has 0 aliphatic heterocycles. The van der Waals surface area contributed by atoms with Crippen molar-refractivity contribution in [3.05, 3.63) is 52.9 Å². The number of nitrogens with zero attached hydrogens (tertiary/aromatic N) is 2. The summed E-state index contributed by atoms with van der Waals surface area (Å²) >= 11 is 0. The van der Waals surface area contributed by atoms with Crippen LogP contribution in [-0.4, -0.2) is 16.3 Å². The van der Waals surface area contributed by atoms with E-state index in [2.05, 4.69) is 9.98 Å². The van der Waals surface area contributed by atoms with Crippen molar-refractivity contribution in [2.45, 2.75) is 32.6 Å². The van der Waals surface area contributed by atoms with E-state index in [-0.39, 0.29) is 5.75 Å². The van der Waals surface area contributed by atoms with Crippen molar-refractivity contribution in [2.75, 3.05) is 0 Å². The average Bonchev–Trinajstić information content (AvgIpc) is 2.94. The highest BCUT2D eigenvalue weighted by molar-refractivity contribution is 6.03. The van der Waals surface area contributed by atoms with Crippen molar-refractivity contribution < 1.29 is 9.52 Å². The van der Waals surface area contributed by atoms with Gasteiger partial charge >= 0.3 is 0 Å². The monoisotopic (exact) mass is 306 g/mol. The Hall–Kier alpha value is -2.62. The maximum atomic E-state index is 10.3. The molecule has 0 fully saturated rings. The lowest BCUT2D eigenvalue weighted by Gasteiger charge is -2.09. The standard InChI is InChI=1S/C19H18N2O2/c1-12-6-9-18(20-10-12)21-11-14-15(22)7-8-17-19(14)13-4-2-3-5-16(13)23-17/h6-11,22H,2-5H2,1H3. The number of pyridine rings is 1. The summed E-state index contributed by atoms with van der Waals surface area (Å²) in [6.07, 6.45) is 7.77. The Morgan fingerprint density at radius 3 is 2.87 bits per heavy atom. The van der Waals surface area contributed by atoms with Gasteiger partial charge in [0.1, 0.15) is 17.1 Å². The number of fused-ring (bicyclic) bond motifs is 3. The lowest BCUT2D eigenvalue weighted by molar-refractivity contribution is 0.474. The molecule has 0 unspecified atom stereocenters. The molecule has 4 heteroatoms. The first-order valence-corrected chi connectivity index (χ1v) is 7.95. The molecule has 4 nitrogen and oxygen atoms in total. The van der Waals surface area contributed by atoms with Crippen LogP contribution in [0, 0.1) is 6.92 Å². The highest BCUT2D eigenvalue weighted by Gasteiger charge is 2.21. The van der Waals surface area contributed by atoms with Crippen molar-refractivity contribution >= 4 is 23.0 Å². The molecule has 0 amide bonds. The molecule has 0 radical (unpaired) electrons. The second kappa shape index (κ2) is 5.54. The molecule has 2 heterocycles. The molecule has 1 aliphatic carbocycles. The van der Waals surface area contributed by atoms with E-state index in [0.717, 1.165) is 53.5 Å². The van der Waals surface area contributed by atoms with Crippen molar-refractivity contribution in [1.82, 2.24) is 4.98 Å². The molecular weight excluding hydrogens is 288 g/mol. The van der Waals surface area contributed by atoms with Crippen LogP contribution in [0.1, 0.15) is 35.3 Å². The average molecular weight is 306 g/mol. The molecule has 1 N–H and O–H groups in total. The van der Waals surface area contributed by atoms with Gasteiger partial charge in [0, 0.05) is 35.3 Å². The van der Waals surface area contributed by atoms with Gasteiger partial charge in [0.05, 0.1) is 0 Å². The molecule has 0 saturated carbocycles. The molecule has 0 spiro atoms. The van der Waals surface area contributed by atoms with Gasteiger partial charge in [-0.2, -0.15) is 0 Å². The molecule has 1 aromatic carbocycles. The summed E-state index contributed by atoms with van der Waals surface area (Å²) in [5.41, 5.74) is 3.86. The fraction of sp³-hybridized carbons (Fsp3) is 0.263. The minimum Gasteiger partial charge on any atom is -0.507 e. The van der Waals surface area contributed by atoms with Crippen LogP contribution < -0.4 is 0 Å². The number of hydrogen-bond donors (Lipinski definition) is 1. The summed E-state index contributed by atoms with van der Waals surface area (Å²) in [5, 5.41) is 11.3. The number of aryl methyl sites for hydroxylation is 3. The maximum absolute atomic E-state index is 10.3. The molecule has 116 valence electrons. The number of phenolic OH excluding ortho intramolecular Hbond substituents is 1. The van der Waals surface area contributed by atoms with Gasteiger partial charge in [-0.25, -0.2) is 9.98 Å². The van der Waals surface area contributed by atoms with Gasteiger partial charge in [-0.05, 0) is 49.9 Å². The van der Waals surface area contributed by atoms with Crippen molar-refractivity contribution in [3.63, 3.8) is 0 Å². The Balaban J connectivity index is 1.83. The summed E-state index contributed by atoms with van der Waals surface area (Å²) in [5.74, 6) is 1.91. The predicted molar refractivity (Wildman–Crippen MR) is 90.7 cm³/mol. The molecular formula is C19H18N2O2. The Bertz CT molecular complexity index is 892. The quantitative estimate of drug-likeness (QED) is 0.711. The molecule has 4 rings (SSSR count). The number of aromatic hydroxyl groups is 1. The Kier molecular flexibility index (Phi) is 3.37. The first-order valence-electron chi connectivity index (χ1n) is 7.95. The highest BCUT2D eigenvalue weighted by atomic mass is 16.3. The summed E-state index contributed by atoms with van der Waals surface area (Å²) in [6, 6.07) is 7.35. The molecule has 23 heavy (non-hydrogen) atoms. The largest absolute Gasteiger partial charge is 0.507 e. The third-order valence-corrected chi connectivity index (χ3v) is 4.36. The number of hydrogen-bond acceptors (Lipinski definition) is 4. The molecule has 3 aromatic rings. The van der Waals surface area contributed by atoms with E-state index in [9.17, 15) is 5.11 Å². The van der Waals surface area contributed by atoms with E-state index in [1.807, 2.05) is 25.1 Å². The predicted octanol–water partition coefficient (Wildman–Crippen LogP) is 4.47. The van der Waals surface area contributed by atoms with Crippen molar-refractivity contribution in [1.29, 1.82) is 0 Å². The lowest BCUT2D eigenvalue weighted by atomic mass is 9.94. The molecule has 2 aromatic heterocycles. The summed E-state index contributed by atoms with van der Waals surface area (Å²) < 4.78 is 5.97. The number of phenols is 1. The summed E-state index contributed by atoms with van der Waals surface area (Å²) in [4.78, 5) is 8.69. The van der Waals surface area contributed by atoms with Crippen molar-refractivity contribution in [2.24, 2.45) is 4.99 Å². The van der Waals surface area contributed by atoms with E-state index in [0.29, 0.717) is 5.82 Å². The fourth-order valence-electron chi connectivity index (χ4n) is 3.17. The van der Waals surface area contributed by atoms with Crippen LogP contribution in [0.5, 0.6) is 5.75 Å². The Morgan fingerprint density at radius 2 is 2.04 bits per heavy atom. The molecule has 0 bridgehead atoms. The number of aliphatic imine (C=N–C) groups is 1. The van der Waals surface area contributed by atoms with E-state index in [1.54, 1.807) is 18.5 Å². The lowest BCUT2D eigenvalue weighted by Crippen LogP contribution is -1.99. The fourth-order valence-corrected chi connectivity index (χ4v) is 3.17. The minimum atomic E-state index is 0.225. The first-order chi connectivity index (χ1) is 11.2. The second-order valence-electron chi connectivity index (χ2n) is 6.03. The third kappa shape index (κ3) is 2.50. The van der Waals surface area contributed by atoms with Gasteiger partial charge in [-0.1, -0.05) is 6.07 Å². The Labute approximate surface area is 134 Å². The molecule has 1 aliphatic rings. The maximum Gasteiger partial charge on any atom is 0.151 e. The van der Waals surface area contributed by atoms with Crippen LogP contribution in [-0.2, 0) is 12.8 Å². The number of furan rings is 1. The number of rotatable bonds is 2. The van der Waals surface area contributed by atoms with Gasteiger partial charge in [0.2, 0.25) is 0 Å². The van der Waals surface area contributed by atoms with Gasteiger partial charge in [-0.15, -0.1) is 0 Å². The van der Waals surface area contributed by atoms with E-state index in [4.69, 9.17) is 4.42 Å². The van der Waals surface area contributed by atoms with Gasteiger partial charge in [-0.3, -0.25) is 0 Å². The van der Waals surface area contributed by atoms with Crippen LogP contribution >= 0.6 is 0 Å². The van der Waals surface area contributed by atoms with Crippen LogP contribution in [0.4, 0.5) is 5.82 Å². The summed E-state index contributed by atoms with van der Waals surface area (Å²) in [6.45, 7) is 1.99. The van der Waals surface area contributed by atoms with Crippen LogP contribution in [0.3, 0.4) is 0 Å². The minimum absolute atomic E-state index is 0.225.